The zero-order valence-electron chi connectivity index (χ0n) is 17.2. The van der Waals surface area contributed by atoms with Crippen molar-refractivity contribution in [1.29, 1.82) is 0 Å². The number of piperazine rings is 1. The van der Waals surface area contributed by atoms with Gasteiger partial charge in [-0.05, 0) is 31.4 Å². The smallest absolute Gasteiger partial charge is 0.271 e. The lowest BCUT2D eigenvalue weighted by Crippen LogP contribution is -2.48. The number of hydrogen-bond acceptors (Lipinski definition) is 4. The maximum Gasteiger partial charge on any atom is 0.271 e. The predicted octanol–water partition coefficient (Wildman–Crippen LogP) is 3.91. The lowest BCUT2D eigenvalue weighted by Gasteiger charge is -2.34. The first-order valence-electron chi connectivity index (χ1n) is 10.9. The average molecular weight is 399 g/mol. The van der Waals surface area contributed by atoms with Gasteiger partial charge in [-0.25, -0.2) is 0 Å². The van der Waals surface area contributed by atoms with Crippen LogP contribution in [0.25, 0.3) is 10.9 Å². The zero-order valence-corrected chi connectivity index (χ0v) is 17.2. The van der Waals surface area contributed by atoms with Crippen LogP contribution in [0.4, 0.5) is 5.69 Å². The molecule has 2 aromatic rings. The molecule has 2 aliphatic rings. The predicted molar refractivity (Wildman–Crippen MR) is 113 cm³/mol. The molecule has 0 spiro atoms. The van der Waals surface area contributed by atoms with Gasteiger partial charge in [-0.1, -0.05) is 26.2 Å². The normalized spacial score (nSPS) is 19.0. The van der Waals surface area contributed by atoms with E-state index in [1.807, 2.05) is 11.1 Å². The molecule has 2 fully saturated rings. The van der Waals surface area contributed by atoms with Gasteiger partial charge < -0.3 is 14.4 Å². The molecule has 0 atom stereocenters. The first kappa shape index (κ1) is 19.9. The summed E-state index contributed by atoms with van der Waals surface area (Å²) in [5.74, 6) is 0.622. The van der Waals surface area contributed by atoms with E-state index in [0.29, 0.717) is 11.5 Å². The van der Waals surface area contributed by atoms with Crippen LogP contribution in [0.1, 0.15) is 49.4 Å². The zero-order chi connectivity index (χ0) is 20.4. The highest BCUT2D eigenvalue weighted by atomic mass is 16.6. The molecule has 0 unspecified atom stereocenters. The third kappa shape index (κ3) is 4.15. The highest BCUT2D eigenvalue weighted by Crippen LogP contribution is 2.31. The molecule has 1 aliphatic carbocycles. The first-order chi connectivity index (χ1) is 14.1. The van der Waals surface area contributed by atoms with E-state index < -0.39 is 0 Å². The molecule has 0 N–H and O–H groups in total. The van der Waals surface area contributed by atoms with Crippen LogP contribution in [0.2, 0.25) is 0 Å². The lowest BCUT2D eigenvalue weighted by atomic mass is 9.89. The molecule has 7 heteroatoms. The standard InChI is InChI=1S/C22H30N4O3/c1-2-23-10-12-24(13-11-23)22(27)20-16-25(15-17-6-4-3-5-7-17)21-14-18(26(28)29)8-9-19(20)21/h8-9,14,16-17H,2-7,10-13,15H2,1H3. The Bertz CT molecular complexity index is 893. The topological polar surface area (TPSA) is 71.6 Å². The van der Waals surface area contributed by atoms with E-state index >= 15 is 0 Å². The van der Waals surface area contributed by atoms with Crippen LogP contribution in [0.15, 0.2) is 24.4 Å². The Morgan fingerprint density at radius 3 is 2.52 bits per heavy atom. The third-order valence-corrected chi connectivity index (χ3v) is 6.59. The van der Waals surface area contributed by atoms with Crippen molar-refractivity contribution < 1.29 is 9.72 Å². The fourth-order valence-corrected chi connectivity index (χ4v) is 4.80. The van der Waals surface area contributed by atoms with Crippen molar-refractivity contribution in [2.45, 2.75) is 45.6 Å². The fraction of sp³-hybridized carbons (Fsp3) is 0.591. The van der Waals surface area contributed by atoms with Crippen molar-refractivity contribution in [3.05, 3.63) is 40.1 Å². The van der Waals surface area contributed by atoms with Crippen molar-refractivity contribution in [2.75, 3.05) is 32.7 Å². The lowest BCUT2D eigenvalue weighted by molar-refractivity contribution is -0.384. The Morgan fingerprint density at radius 2 is 1.86 bits per heavy atom. The van der Waals surface area contributed by atoms with E-state index in [-0.39, 0.29) is 16.5 Å². The second-order valence-corrected chi connectivity index (χ2v) is 8.38. The van der Waals surface area contributed by atoms with Crippen LogP contribution in [0.3, 0.4) is 0 Å². The molecule has 1 aromatic carbocycles. The summed E-state index contributed by atoms with van der Waals surface area (Å²) in [6, 6.07) is 4.89. The second kappa shape index (κ2) is 8.53. The van der Waals surface area contributed by atoms with E-state index in [2.05, 4.69) is 16.4 Å². The maximum absolute atomic E-state index is 13.3. The Kier molecular flexibility index (Phi) is 5.85. The van der Waals surface area contributed by atoms with Crippen LogP contribution in [0, 0.1) is 16.0 Å². The minimum absolute atomic E-state index is 0.0435. The van der Waals surface area contributed by atoms with Gasteiger partial charge in [0, 0.05) is 56.4 Å². The summed E-state index contributed by atoms with van der Waals surface area (Å²) in [7, 11) is 0. The number of nitrogens with zero attached hydrogens (tertiary/aromatic N) is 4. The summed E-state index contributed by atoms with van der Waals surface area (Å²) in [4.78, 5) is 28.5. The number of amides is 1. The minimum Gasteiger partial charge on any atom is -0.346 e. The second-order valence-electron chi connectivity index (χ2n) is 8.38. The number of rotatable bonds is 5. The third-order valence-electron chi connectivity index (χ3n) is 6.59. The van der Waals surface area contributed by atoms with E-state index in [0.717, 1.165) is 50.2 Å². The van der Waals surface area contributed by atoms with Crippen LogP contribution < -0.4 is 0 Å². The Morgan fingerprint density at radius 1 is 1.14 bits per heavy atom. The number of fused-ring (bicyclic) bond motifs is 1. The number of likely N-dealkylation sites (N-methyl/N-ethyl adjacent to an activating group) is 1. The van der Waals surface area contributed by atoms with E-state index in [4.69, 9.17) is 0 Å². The van der Waals surface area contributed by atoms with Crippen LogP contribution >= 0.6 is 0 Å². The molecule has 1 aliphatic heterocycles. The molecule has 1 saturated carbocycles. The Hall–Kier alpha value is -2.41. The van der Waals surface area contributed by atoms with Gasteiger partial charge in [0.1, 0.15) is 0 Å². The Labute approximate surface area is 171 Å². The van der Waals surface area contributed by atoms with Gasteiger partial charge in [-0.3, -0.25) is 14.9 Å². The number of non-ortho nitro benzene ring substituents is 1. The average Bonchev–Trinajstić information content (AvgIpc) is 3.11. The molecule has 1 aromatic heterocycles. The number of benzene rings is 1. The van der Waals surface area contributed by atoms with Crippen molar-refractivity contribution in [3.63, 3.8) is 0 Å². The fourth-order valence-electron chi connectivity index (χ4n) is 4.80. The molecular formula is C22H30N4O3. The first-order valence-corrected chi connectivity index (χ1v) is 10.9. The highest BCUT2D eigenvalue weighted by Gasteiger charge is 2.26. The molecule has 0 bridgehead atoms. The minimum atomic E-state index is -0.358. The SMILES string of the molecule is CCN1CCN(C(=O)c2cn(CC3CCCCC3)c3cc([N+](=O)[O-])ccc23)CC1. The molecule has 4 rings (SSSR count). The van der Waals surface area contributed by atoms with E-state index in [1.54, 1.807) is 12.1 Å². The van der Waals surface area contributed by atoms with E-state index in [1.165, 1.54) is 38.2 Å². The summed E-state index contributed by atoms with van der Waals surface area (Å²) in [6.45, 7) is 7.23. The summed E-state index contributed by atoms with van der Waals surface area (Å²) in [5, 5.41) is 12.1. The molecule has 1 saturated heterocycles. The summed E-state index contributed by atoms with van der Waals surface area (Å²) < 4.78 is 2.09. The quantitative estimate of drug-likeness (QED) is 0.565. The molecule has 0 radical (unpaired) electrons. The maximum atomic E-state index is 13.3. The van der Waals surface area contributed by atoms with Gasteiger partial charge in [0.05, 0.1) is 16.0 Å². The molecule has 7 nitrogen and oxygen atoms in total. The summed E-state index contributed by atoms with van der Waals surface area (Å²) >= 11 is 0. The van der Waals surface area contributed by atoms with E-state index in [9.17, 15) is 14.9 Å². The van der Waals surface area contributed by atoms with Gasteiger partial charge in [0.15, 0.2) is 0 Å². The van der Waals surface area contributed by atoms with Crippen molar-refractivity contribution >= 4 is 22.5 Å². The Balaban J connectivity index is 1.66. The molecule has 2 heterocycles. The summed E-state index contributed by atoms with van der Waals surface area (Å²) in [6.07, 6.45) is 8.11. The van der Waals surface area contributed by atoms with Gasteiger partial charge in [0.2, 0.25) is 0 Å². The molecule has 1 amide bonds. The van der Waals surface area contributed by atoms with Gasteiger partial charge in [0.25, 0.3) is 11.6 Å². The van der Waals surface area contributed by atoms with Crippen LogP contribution in [-0.2, 0) is 6.54 Å². The van der Waals surface area contributed by atoms with Crippen LogP contribution in [0.5, 0.6) is 0 Å². The summed E-state index contributed by atoms with van der Waals surface area (Å²) in [5.41, 5.74) is 1.56. The number of nitro benzene ring substituents is 1. The van der Waals surface area contributed by atoms with Gasteiger partial charge in [-0.2, -0.15) is 0 Å². The number of hydrogen-bond donors (Lipinski definition) is 0. The van der Waals surface area contributed by atoms with Crippen molar-refractivity contribution in [2.24, 2.45) is 5.92 Å². The van der Waals surface area contributed by atoms with Gasteiger partial charge >= 0.3 is 0 Å². The van der Waals surface area contributed by atoms with Crippen molar-refractivity contribution in [1.82, 2.24) is 14.4 Å². The number of carbonyl (C=O) groups excluding carboxylic acids is 1. The highest BCUT2D eigenvalue weighted by molar-refractivity contribution is 6.07. The monoisotopic (exact) mass is 398 g/mol. The number of nitro groups is 1. The molecular weight excluding hydrogens is 368 g/mol. The number of carbonyl (C=O) groups is 1. The molecule has 156 valence electrons. The van der Waals surface area contributed by atoms with Gasteiger partial charge in [-0.15, -0.1) is 0 Å². The molecule has 29 heavy (non-hydrogen) atoms. The number of aromatic nitrogens is 1. The largest absolute Gasteiger partial charge is 0.346 e. The van der Waals surface area contributed by atoms with Crippen LogP contribution in [-0.4, -0.2) is 57.9 Å². The van der Waals surface area contributed by atoms with Crippen molar-refractivity contribution in [3.8, 4) is 0 Å².